The van der Waals surface area contributed by atoms with Gasteiger partial charge in [-0.25, -0.2) is 0 Å². The van der Waals surface area contributed by atoms with Crippen molar-refractivity contribution in [1.29, 1.82) is 0 Å². The summed E-state index contributed by atoms with van der Waals surface area (Å²) in [4.78, 5) is 4.94. The summed E-state index contributed by atoms with van der Waals surface area (Å²) in [5, 5.41) is 9.71. The number of hydrogen-bond donors (Lipinski definition) is 0. The second kappa shape index (κ2) is 25.6. The lowest BCUT2D eigenvalue weighted by molar-refractivity contribution is 0.590. The fourth-order valence-electron chi connectivity index (χ4n) is 15.9. The number of benzene rings is 14. The van der Waals surface area contributed by atoms with Gasteiger partial charge in [-0.15, -0.1) is 0 Å². The predicted molar refractivity (Wildman–Crippen MR) is 457 cm³/mol. The molecular formula is C98H85Br2N5. The molecule has 0 bridgehead atoms. The fraction of sp³-hybridized carbons (Fsp3) is 0.163. The first-order valence-corrected chi connectivity index (χ1v) is 38.3. The van der Waals surface area contributed by atoms with E-state index in [0.29, 0.717) is 0 Å². The molecule has 17 rings (SSSR count). The molecule has 0 aliphatic heterocycles. The van der Waals surface area contributed by atoms with Crippen LogP contribution < -0.4 is 9.80 Å². The van der Waals surface area contributed by atoms with E-state index in [4.69, 9.17) is 0 Å². The Balaban J connectivity index is 0.891. The molecule has 0 fully saturated rings. The molecule has 14 aromatic carbocycles. The van der Waals surface area contributed by atoms with E-state index in [9.17, 15) is 0 Å². The monoisotopic (exact) mass is 1490 g/mol. The van der Waals surface area contributed by atoms with Crippen LogP contribution in [0.25, 0.3) is 116 Å². The summed E-state index contributed by atoms with van der Waals surface area (Å²) in [7, 11) is 0. The highest BCUT2D eigenvalue weighted by molar-refractivity contribution is 9.10. The van der Waals surface area contributed by atoms with Crippen LogP contribution >= 0.6 is 31.9 Å². The van der Waals surface area contributed by atoms with Gasteiger partial charge < -0.3 is 23.5 Å². The van der Waals surface area contributed by atoms with Crippen molar-refractivity contribution in [3.05, 3.63) is 328 Å². The first kappa shape index (κ1) is 67.5. The summed E-state index contributed by atoms with van der Waals surface area (Å²) >= 11 is 7.54. The molecule has 105 heavy (non-hydrogen) atoms. The van der Waals surface area contributed by atoms with Crippen LogP contribution in [-0.4, -0.2) is 13.7 Å². The van der Waals surface area contributed by atoms with Crippen LogP contribution in [0.4, 0.5) is 34.1 Å². The fourth-order valence-corrected chi connectivity index (χ4v) is 16.7. The summed E-state index contributed by atoms with van der Waals surface area (Å²) in [5.74, 6) is 0. The third-order valence-corrected chi connectivity index (χ3v) is 22.5. The maximum atomic E-state index is 3.77. The number of aromatic nitrogens is 3. The number of anilines is 6. The molecule has 0 radical (unpaired) electrons. The van der Waals surface area contributed by atoms with Crippen LogP contribution in [0.2, 0.25) is 0 Å². The van der Waals surface area contributed by atoms with Gasteiger partial charge in [0.25, 0.3) is 0 Å². The zero-order valence-corrected chi connectivity index (χ0v) is 65.0. The molecular weight excluding hydrogens is 1410 g/mol. The van der Waals surface area contributed by atoms with Crippen LogP contribution in [0, 0.1) is 0 Å². The Bertz CT molecular complexity index is 6130. The second-order valence-corrected chi connectivity index (χ2v) is 34.5. The number of nitrogens with zero attached hydrogens (tertiary/aromatic N) is 5. The van der Waals surface area contributed by atoms with Crippen LogP contribution in [0.5, 0.6) is 0 Å². The first-order valence-electron chi connectivity index (χ1n) is 36.7. The van der Waals surface area contributed by atoms with Gasteiger partial charge in [-0.1, -0.05) is 248 Å². The first-order chi connectivity index (χ1) is 50.4. The molecule has 0 aliphatic carbocycles. The standard InChI is InChI=1S/C98H85Br2N5/c1-95(2,3)66-38-48-87-83(54-66)84-55-67(96(4,5)6)39-49-88(84)104(87)77-30-20-28-75(58-77)101(73-42-34-62(35-43-73)64-22-18-24-70(99)52-64)79-46-47-82-91(60-79)103(72-26-14-13-15-27-72)93-61-92(80-32-16-17-33-81(80)94(82)93)102(74-44-36-63(37-45-74)65-23-19-25-71(100)53-65)76-29-21-31-78(59-76)105-89-50-40-68(97(7,8)9)56-85(89)86-57-69(98(10,11)12)41-51-90(86)105/h13-61H,1-12H3. The number of fused-ring (bicyclic) bond motifs is 11. The lowest BCUT2D eigenvalue weighted by Crippen LogP contribution is -2.12. The Morgan fingerprint density at radius 3 is 1.04 bits per heavy atom. The van der Waals surface area contributed by atoms with Crippen molar-refractivity contribution in [3.63, 3.8) is 0 Å². The Morgan fingerprint density at radius 1 is 0.229 bits per heavy atom. The van der Waals surface area contributed by atoms with Gasteiger partial charge in [0.2, 0.25) is 0 Å². The lowest BCUT2D eigenvalue weighted by atomic mass is 9.85. The minimum absolute atomic E-state index is 0.0215. The van der Waals surface area contributed by atoms with Gasteiger partial charge in [0, 0.05) is 92.1 Å². The van der Waals surface area contributed by atoms with Gasteiger partial charge in [0.1, 0.15) is 0 Å². The minimum Gasteiger partial charge on any atom is -0.310 e. The summed E-state index contributed by atoms with van der Waals surface area (Å²) in [6, 6.07) is 112. The Labute approximate surface area is 633 Å². The highest BCUT2D eigenvalue weighted by atomic mass is 79.9. The van der Waals surface area contributed by atoms with Gasteiger partial charge in [-0.05, 0) is 235 Å². The van der Waals surface area contributed by atoms with E-state index < -0.39 is 0 Å². The van der Waals surface area contributed by atoms with E-state index in [1.807, 2.05) is 0 Å². The van der Waals surface area contributed by atoms with E-state index in [-0.39, 0.29) is 21.7 Å². The Morgan fingerprint density at radius 2 is 0.600 bits per heavy atom. The zero-order chi connectivity index (χ0) is 72.6. The molecule has 0 amide bonds. The van der Waals surface area contributed by atoms with Crippen molar-refractivity contribution in [2.75, 3.05) is 9.80 Å². The molecule has 0 saturated carbocycles. The van der Waals surface area contributed by atoms with Crippen molar-refractivity contribution in [3.8, 4) is 39.3 Å². The summed E-state index contributed by atoms with van der Waals surface area (Å²) in [6.45, 7) is 27.7. The molecule has 0 spiro atoms. The average molecular weight is 1490 g/mol. The van der Waals surface area contributed by atoms with Gasteiger partial charge in [-0.3, -0.25) is 0 Å². The summed E-state index contributed by atoms with van der Waals surface area (Å²) in [5.41, 5.74) is 26.2. The Kier molecular flexibility index (Phi) is 16.4. The molecule has 3 aromatic heterocycles. The molecule has 516 valence electrons. The van der Waals surface area contributed by atoms with Gasteiger partial charge in [-0.2, -0.15) is 0 Å². The van der Waals surface area contributed by atoms with Crippen molar-refractivity contribution in [2.45, 2.75) is 105 Å². The zero-order valence-electron chi connectivity index (χ0n) is 61.8. The number of hydrogen-bond acceptors (Lipinski definition) is 2. The van der Waals surface area contributed by atoms with Crippen molar-refractivity contribution in [1.82, 2.24) is 13.7 Å². The lowest BCUT2D eigenvalue weighted by Gasteiger charge is -2.28. The summed E-state index contributed by atoms with van der Waals surface area (Å²) in [6.07, 6.45) is 0. The third kappa shape index (κ3) is 12.1. The van der Waals surface area contributed by atoms with E-state index in [0.717, 1.165) is 104 Å². The quantitative estimate of drug-likeness (QED) is 0.129. The minimum atomic E-state index is -0.0258. The van der Waals surface area contributed by atoms with E-state index >= 15 is 0 Å². The van der Waals surface area contributed by atoms with Crippen LogP contribution in [-0.2, 0) is 21.7 Å². The topological polar surface area (TPSA) is 21.3 Å². The molecule has 0 atom stereocenters. The van der Waals surface area contributed by atoms with E-state index in [1.54, 1.807) is 0 Å². The van der Waals surface area contributed by atoms with Crippen LogP contribution in [0.1, 0.15) is 105 Å². The average Bonchev–Trinajstić information content (AvgIpc) is 1.60. The Hall–Kier alpha value is -10.7. The van der Waals surface area contributed by atoms with Crippen molar-refractivity contribution >= 4 is 142 Å². The highest BCUT2D eigenvalue weighted by Crippen LogP contribution is 2.50. The largest absolute Gasteiger partial charge is 0.310 e. The third-order valence-electron chi connectivity index (χ3n) is 21.5. The maximum Gasteiger partial charge on any atom is 0.0568 e. The van der Waals surface area contributed by atoms with Crippen molar-refractivity contribution in [2.24, 2.45) is 0 Å². The van der Waals surface area contributed by atoms with Crippen LogP contribution in [0.3, 0.4) is 0 Å². The molecule has 0 aliphatic rings. The molecule has 3 heterocycles. The van der Waals surface area contributed by atoms with Gasteiger partial charge in [0.15, 0.2) is 0 Å². The molecule has 0 N–H and O–H groups in total. The molecule has 17 aromatic rings. The number of halogens is 2. The smallest absolute Gasteiger partial charge is 0.0568 e. The second-order valence-electron chi connectivity index (χ2n) is 32.6. The maximum absolute atomic E-state index is 3.77. The number of rotatable bonds is 11. The highest BCUT2D eigenvalue weighted by Gasteiger charge is 2.28. The normalized spacial score (nSPS) is 12.5. The van der Waals surface area contributed by atoms with Crippen molar-refractivity contribution < 1.29 is 0 Å². The van der Waals surface area contributed by atoms with Gasteiger partial charge in [0.05, 0.1) is 38.8 Å². The van der Waals surface area contributed by atoms with E-state index in [2.05, 4.69) is 436 Å². The number of para-hydroxylation sites is 1. The van der Waals surface area contributed by atoms with E-state index in [1.165, 1.54) is 76.6 Å². The SMILES string of the molecule is CC(C)(C)c1ccc2c(c1)c1cc(C(C)(C)C)ccc1n2-c1cccc(N(c2ccc(-c3cccc(Br)c3)cc2)c2ccc3c4c5ccccc5c(N(c5ccc(-c6cccc(Br)c6)cc5)c5cccc(-n6c7ccc(C(C)(C)C)cc7c7cc(C(C)(C)C)ccc76)c5)cc4n(-c4ccccc4)c3c2)c1. The van der Waals surface area contributed by atoms with Gasteiger partial charge >= 0.3 is 0 Å². The predicted octanol–water partition coefficient (Wildman–Crippen LogP) is 29.1. The molecule has 0 unspecified atom stereocenters. The molecule has 7 heteroatoms. The summed E-state index contributed by atoms with van der Waals surface area (Å²) < 4.78 is 9.56. The van der Waals surface area contributed by atoms with Crippen LogP contribution in [0.15, 0.2) is 306 Å². The molecule has 0 saturated heterocycles. The molecule has 5 nitrogen and oxygen atoms in total.